The Bertz CT molecular complexity index is 193. The van der Waals surface area contributed by atoms with Gasteiger partial charge in [0.25, 0.3) is 0 Å². The van der Waals surface area contributed by atoms with E-state index in [1.165, 1.54) is 19.3 Å². The molecule has 1 rings (SSSR count). The van der Waals surface area contributed by atoms with Crippen LogP contribution in [0.1, 0.15) is 53.9 Å². The summed E-state index contributed by atoms with van der Waals surface area (Å²) in [5, 5.41) is 3.62. The Balaban J connectivity index is 2.15. The third-order valence-corrected chi connectivity index (χ3v) is 3.29. The van der Waals surface area contributed by atoms with Crippen LogP contribution in [0.25, 0.3) is 0 Å². The van der Waals surface area contributed by atoms with E-state index >= 15 is 0 Å². The second-order valence-corrected chi connectivity index (χ2v) is 6.35. The summed E-state index contributed by atoms with van der Waals surface area (Å²) in [7, 11) is 0. The van der Waals surface area contributed by atoms with E-state index in [9.17, 15) is 0 Å². The zero-order chi connectivity index (χ0) is 11.5. The SMILES string of the molecule is CC(C)(C)OCCNC1CCCC1(C)C. The zero-order valence-electron chi connectivity index (χ0n) is 11.0. The van der Waals surface area contributed by atoms with Gasteiger partial charge in [0.15, 0.2) is 0 Å². The van der Waals surface area contributed by atoms with Crippen molar-refractivity contribution in [2.75, 3.05) is 13.2 Å². The Morgan fingerprint density at radius 1 is 1.33 bits per heavy atom. The van der Waals surface area contributed by atoms with Gasteiger partial charge in [-0.05, 0) is 39.0 Å². The van der Waals surface area contributed by atoms with E-state index in [0.717, 1.165) is 13.2 Å². The monoisotopic (exact) mass is 213 g/mol. The molecule has 2 heteroatoms. The lowest BCUT2D eigenvalue weighted by Crippen LogP contribution is -2.40. The third-order valence-electron chi connectivity index (χ3n) is 3.29. The van der Waals surface area contributed by atoms with E-state index in [0.29, 0.717) is 11.5 Å². The van der Waals surface area contributed by atoms with Crippen molar-refractivity contribution >= 4 is 0 Å². The van der Waals surface area contributed by atoms with Crippen molar-refractivity contribution < 1.29 is 4.74 Å². The van der Waals surface area contributed by atoms with Gasteiger partial charge in [-0.15, -0.1) is 0 Å². The Kier molecular flexibility index (Phi) is 4.19. The molecule has 2 nitrogen and oxygen atoms in total. The molecule has 0 radical (unpaired) electrons. The lowest BCUT2D eigenvalue weighted by molar-refractivity contribution is -0.00253. The fourth-order valence-electron chi connectivity index (χ4n) is 2.30. The normalized spacial score (nSPS) is 25.8. The summed E-state index contributed by atoms with van der Waals surface area (Å²) in [4.78, 5) is 0. The Hall–Kier alpha value is -0.0800. The van der Waals surface area contributed by atoms with Gasteiger partial charge in [-0.3, -0.25) is 0 Å². The first kappa shape index (κ1) is 13.0. The van der Waals surface area contributed by atoms with Crippen LogP contribution in [0, 0.1) is 5.41 Å². The van der Waals surface area contributed by atoms with Gasteiger partial charge < -0.3 is 10.1 Å². The van der Waals surface area contributed by atoms with Gasteiger partial charge in [0.2, 0.25) is 0 Å². The highest BCUT2D eigenvalue weighted by molar-refractivity contribution is 4.89. The first-order valence-corrected chi connectivity index (χ1v) is 6.19. The second-order valence-electron chi connectivity index (χ2n) is 6.35. The number of ether oxygens (including phenoxy) is 1. The molecule has 0 heterocycles. The summed E-state index contributed by atoms with van der Waals surface area (Å²) in [6.45, 7) is 12.8. The summed E-state index contributed by atoms with van der Waals surface area (Å²) >= 11 is 0. The lowest BCUT2D eigenvalue weighted by Gasteiger charge is -2.28. The molecule has 0 aromatic rings. The average molecular weight is 213 g/mol. The molecule has 1 fully saturated rings. The molecular weight excluding hydrogens is 186 g/mol. The maximum absolute atomic E-state index is 5.69. The summed E-state index contributed by atoms with van der Waals surface area (Å²) in [5.74, 6) is 0. The predicted octanol–water partition coefficient (Wildman–Crippen LogP) is 2.97. The summed E-state index contributed by atoms with van der Waals surface area (Å²) < 4.78 is 5.69. The number of hydrogen-bond acceptors (Lipinski definition) is 2. The molecule has 1 aliphatic carbocycles. The molecule has 1 N–H and O–H groups in total. The molecule has 0 aromatic heterocycles. The minimum Gasteiger partial charge on any atom is -0.375 e. The summed E-state index contributed by atoms with van der Waals surface area (Å²) in [6, 6.07) is 0.682. The van der Waals surface area contributed by atoms with E-state index in [4.69, 9.17) is 4.74 Å². The summed E-state index contributed by atoms with van der Waals surface area (Å²) in [6.07, 6.45) is 4.04. The van der Waals surface area contributed by atoms with E-state index in [1.807, 2.05) is 0 Å². The van der Waals surface area contributed by atoms with Crippen LogP contribution in [-0.2, 0) is 4.74 Å². The van der Waals surface area contributed by atoms with Crippen LogP contribution in [-0.4, -0.2) is 24.8 Å². The van der Waals surface area contributed by atoms with E-state index in [-0.39, 0.29) is 5.60 Å². The van der Waals surface area contributed by atoms with Crippen molar-refractivity contribution in [2.24, 2.45) is 5.41 Å². The highest BCUT2D eigenvalue weighted by Crippen LogP contribution is 2.36. The van der Waals surface area contributed by atoms with Crippen LogP contribution in [0.2, 0.25) is 0 Å². The number of rotatable bonds is 4. The van der Waals surface area contributed by atoms with Crippen molar-refractivity contribution in [3.8, 4) is 0 Å². The van der Waals surface area contributed by atoms with E-state index < -0.39 is 0 Å². The lowest BCUT2D eigenvalue weighted by atomic mass is 9.87. The minimum absolute atomic E-state index is 0.00707. The standard InChI is InChI=1S/C13H27NO/c1-12(2,3)15-10-9-14-11-7-6-8-13(11,4)5/h11,14H,6-10H2,1-5H3. The van der Waals surface area contributed by atoms with Crippen LogP contribution in [0.3, 0.4) is 0 Å². The molecule has 0 amide bonds. The Labute approximate surface area is 94.8 Å². The molecular formula is C13H27NO. The van der Waals surface area contributed by atoms with Crippen LogP contribution in [0.4, 0.5) is 0 Å². The maximum atomic E-state index is 5.69. The van der Waals surface area contributed by atoms with Crippen molar-refractivity contribution in [1.29, 1.82) is 0 Å². The smallest absolute Gasteiger partial charge is 0.0599 e. The Morgan fingerprint density at radius 3 is 2.47 bits per heavy atom. The fourth-order valence-corrected chi connectivity index (χ4v) is 2.30. The topological polar surface area (TPSA) is 21.3 Å². The average Bonchev–Trinajstić information content (AvgIpc) is 2.37. The Morgan fingerprint density at radius 2 is 2.00 bits per heavy atom. The van der Waals surface area contributed by atoms with Gasteiger partial charge >= 0.3 is 0 Å². The van der Waals surface area contributed by atoms with Gasteiger partial charge in [0, 0.05) is 12.6 Å². The number of nitrogens with one attached hydrogen (secondary N) is 1. The molecule has 0 aliphatic heterocycles. The van der Waals surface area contributed by atoms with Gasteiger partial charge in [-0.2, -0.15) is 0 Å². The zero-order valence-corrected chi connectivity index (χ0v) is 11.0. The molecule has 15 heavy (non-hydrogen) atoms. The molecule has 1 unspecified atom stereocenters. The molecule has 0 saturated heterocycles. The highest BCUT2D eigenvalue weighted by Gasteiger charge is 2.33. The first-order chi connectivity index (χ1) is 6.81. The third kappa shape index (κ3) is 4.52. The van der Waals surface area contributed by atoms with E-state index in [2.05, 4.69) is 39.9 Å². The molecule has 0 spiro atoms. The van der Waals surface area contributed by atoms with Crippen molar-refractivity contribution in [1.82, 2.24) is 5.32 Å². The van der Waals surface area contributed by atoms with Gasteiger partial charge in [-0.25, -0.2) is 0 Å². The van der Waals surface area contributed by atoms with Crippen molar-refractivity contribution in [3.05, 3.63) is 0 Å². The molecule has 1 saturated carbocycles. The molecule has 0 aromatic carbocycles. The first-order valence-electron chi connectivity index (χ1n) is 6.19. The van der Waals surface area contributed by atoms with Crippen molar-refractivity contribution in [2.45, 2.75) is 65.5 Å². The largest absolute Gasteiger partial charge is 0.375 e. The van der Waals surface area contributed by atoms with Crippen molar-refractivity contribution in [3.63, 3.8) is 0 Å². The molecule has 0 bridgehead atoms. The van der Waals surface area contributed by atoms with Gasteiger partial charge in [0.1, 0.15) is 0 Å². The number of hydrogen-bond donors (Lipinski definition) is 1. The van der Waals surface area contributed by atoms with Crippen LogP contribution < -0.4 is 5.32 Å². The van der Waals surface area contributed by atoms with Crippen LogP contribution >= 0.6 is 0 Å². The highest BCUT2D eigenvalue weighted by atomic mass is 16.5. The summed E-state index contributed by atoms with van der Waals surface area (Å²) in [5.41, 5.74) is 0.467. The minimum atomic E-state index is -0.00707. The molecule has 90 valence electrons. The van der Waals surface area contributed by atoms with Crippen LogP contribution in [0.15, 0.2) is 0 Å². The second kappa shape index (κ2) is 4.84. The molecule has 1 aliphatic rings. The maximum Gasteiger partial charge on any atom is 0.0599 e. The fraction of sp³-hybridized carbons (Fsp3) is 1.00. The molecule has 1 atom stereocenters. The van der Waals surface area contributed by atoms with Crippen LogP contribution in [0.5, 0.6) is 0 Å². The van der Waals surface area contributed by atoms with Gasteiger partial charge in [0.05, 0.1) is 12.2 Å². The van der Waals surface area contributed by atoms with E-state index in [1.54, 1.807) is 0 Å². The quantitative estimate of drug-likeness (QED) is 0.725. The van der Waals surface area contributed by atoms with Gasteiger partial charge in [-0.1, -0.05) is 20.3 Å². The predicted molar refractivity (Wildman–Crippen MR) is 65.1 cm³/mol.